The van der Waals surface area contributed by atoms with Gasteiger partial charge in [0, 0.05) is 12.1 Å². The van der Waals surface area contributed by atoms with Crippen LogP contribution in [0.15, 0.2) is 48.5 Å². The van der Waals surface area contributed by atoms with Crippen molar-refractivity contribution in [3.05, 3.63) is 70.8 Å². The maximum absolute atomic E-state index is 13.0. The Kier molecular flexibility index (Phi) is 11.6. The van der Waals surface area contributed by atoms with Crippen molar-refractivity contribution in [2.24, 2.45) is 5.73 Å². The lowest BCUT2D eigenvalue weighted by molar-refractivity contribution is -0.131. The van der Waals surface area contributed by atoms with Crippen LogP contribution in [0.1, 0.15) is 35.6 Å². The summed E-state index contributed by atoms with van der Waals surface area (Å²) >= 11 is 1.50. The molecule has 2 rings (SSSR count). The van der Waals surface area contributed by atoms with Crippen molar-refractivity contribution in [1.82, 2.24) is 15.4 Å². The largest absolute Gasteiger partial charge is 0.391 e. The van der Waals surface area contributed by atoms with Crippen LogP contribution in [-0.2, 0) is 31.9 Å². The molecule has 0 aliphatic heterocycles. The van der Waals surface area contributed by atoms with Crippen LogP contribution in [0.4, 0.5) is 0 Å². The Bertz CT molecular complexity index is 1170. The smallest absolute Gasteiger partial charge is 0.242 e. The van der Waals surface area contributed by atoms with E-state index in [1.54, 1.807) is 48.5 Å². The molecule has 12 heteroatoms. The number of nitrogens with one attached hydrogen (secondary N) is 4. The third-order valence-corrected chi connectivity index (χ3v) is 7.49. The summed E-state index contributed by atoms with van der Waals surface area (Å²) < 4.78 is 27.7. The fraction of sp³-hybridized carbons (Fsp3) is 0.400. The number of carbonyl (C=O) groups is 2. The molecular weight excluding hydrogens is 514 g/mol. The van der Waals surface area contributed by atoms with Crippen LogP contribution >= 0.6 is 11.8 Å². The molecule has 0 saturated carbocycles. The molecule has 0 saturated heterocycles. The molecule has 2 amide bonds. The number of nitrogens with two attached hydrogens (primary N) is 1. The third-order valence-electron chi connectivity index (χ3n) is 5.52. The second-order valence-corrected chi connectivity index (χ2v) is 11.5. The molecule has 0 radical (unpaired) electrons. The first-order chi connectivity index (χ1) is 17.4. The summed E-state index contributed by atoms with van der Waals surface area (Å²) in [5, 5.41) is 23.0. The van der Waals surface area contributed by atoms with Gasteiger partial charge in [0.1, 0.15) is 17.9 Å². The van der Waals surface area contributed by atoms with Crippen molar-refractivity contribution in [2.45, 2.75) is 50.8 Å². The molecule has 0 aromatic heterocycles. The number of nitrogen functional groups attached to an aromatic ring is 1. The zero-order valence-electron chi connectivity index (χ0n) is 21.2. The van der Waals surface area contributed by atoms with E-state index < -0.39 is 40.0 Å². The van der Waals surface area contributed by atoms with Crippen LogP contribution in [0.3, 0.4) is 0 Å². The predicted molar refractivity (Wildman–Crippen MR) is 147 cm³/mol. The normalized spacial score (nSPS) is 13.8. The molecule has 2 aromatic rings. The van der Waals surface area contributed by atoms with Gasteiger partial charge >= 0.3 is 0 Å². The lowest BCUT2D eigenvalue weighted by Crippen LogP contribution is -2.57. The van der Waals surface area contributed by atoms with Crippen molar-refractivity contribution in [1.29, 1.82) is 5.41 Å². The quantitative estimate of drug-likeness (QED) is 0.151. The molecule has 0 fully saturated rings. The number of amides is 2. The lowest BCUT2D eigenvalue weighted by atomic mass is 10.1. The zero-order valence-corrected chi connectivity index (χ0v) is 22.8. The molecule has 2 aromatic carbocycles. The number of rotatable bonds is 14. The van der Waals surface area contributed by atoms with E-state index in [-0.39, 0.29) is 18.1 Å². The highest BCUT2D eigenvalue weighted by atomic mass is 32.2. The second kappa shape index (κ2) is 14.1. The van der Waals surface area contributed by atoms with Gasteiger partial charge in [-0.1, -0.05) is 54.1 Å². The van der Waals surface area contributed by atoms with Crippen LogP contribution in [0.2, 0.25) is 0 Å². The summed E-state index contributed by atoms with van der Waals surface area (Å²) in [6.07, 6.45) is 0.840. The molecule has 0 aliphatic carbocycles. The summed E-state index contributed by atoms with van der Waals surface area (Å²) in [5.74, 6) is -1.08. The van der Waals surface area contributed by atoms with Crippen LogP contribution < -0.4 is 21.1 Å². The number of aliphatic hydroxyl groups excluding tert-OH is 1. The van der Waals surface area contributed by atoms with Crippen LogP contribution in [0.5, 0.6) is 0 Å². The Labute approximate surface area is 222 Å². The summed E-state index contributed by atoms with van der Waals surface area (Å²) in [4.78, 5) is 25.9. The first kappa shape index (κ1) is 30.3. The van der Waals surface area contributed by atoms with Crippen molar-refractivity contribution in [2.75, 3.05) is 12.0 Å². The molecule has 202 valence electrons. The molecule has 0 heterocycles. The van der Waals surface area contributed by atoms with Gasteiger partial charge in [-0.3, -0.25) is 15.0 Å². The molecule has 0 aliphatic rings. The molecule has 10 nitrogen and oxygen atoms in total. The number of benzene rings is 2. The maximum atomic E-state index is 13.0. The van der Waals surface area contributed by atoms with E-state index >= 15 is 0 Å². The lowest BCUT2D eigenvalue weighted by Gasteiger charge is -2.24. The Morgan fingerprint density at radius 2 is 1.65 bits per heavy atom. The summed E-state index contributed by atoms with van der Waals surface area (Å²) in [6, 6.07) is 11.4. The van der Waals surface area contributed by atoms with Gasteiger partial charge in [0.15, 0.2) is 0 Å². The fourth-order valence-electron chi connectivity index (χ4n) is 3.39. The minimum Gasteiger partial charge on any atom is -0.391 e. The number of hydrogen-bond acceptors (Lipinski definition) is 7. The molecule has 0 bridgehead atoms. The van der Waals surface area contributed by atoms with E-state index in [4.69, 9.17) is 11.1 Å². The highest BCUT2D eigenvalue weighted by Crippen LogP contribution is 2.10. The van der Waals surface area contributed by atoms with Crippen LogP contribution in [0, 0.1) is 12.3 Å². The minimum atomic E-state index is -3.97. The molecule has 0 spiro atoms. The van der Waals surface area contributed by atoms with Crippen molar-refractivity contribution >= 4 is 39.4 Å². The van der Waals surface area contributed by atoms with Crippen LogP contribution in [0.25, 0.3) is 0 Å². The molecule has 3 atom stereocenters. The van der Waals surface area contributed by atoms with E-state index in [2.05, 4.69) is 15.4 Å². The summed E-state index contributed by atoms with van der Waals surface area (Å²) in [5.41, 5.74) is 8.32. The van der Waals surface area contributed by atoms with Gasteiger partial charge in [-0.25, -0.2) is 8.42 Å². The number of thioether (sulfide) groups is 1. The number of sulfonamides is 1. The van der Waals surface area contributed by atoms with Gasteiger partial charge < -0.3 is 21.5 Å². The monoisotopic (exact) mass is 549 g/mol. The predicted octanol–water partition coefficient (Wildman–Crippen LogP) is 1.00. The Balaban J connectivity index is 2.06. The van der Waals surface area contributed by atoms with Crippen molar-refractivity contribution in [3.63, 3.8) is 0 Å². The summed E-state index contributed by atoms with van der Waals surface area (Å²) in [6.45, 7) is 3.38. The van der Waals surface area contributed by atoms with Crippen molar-refractivity contribution < 1.29 is 23.1 Å². The van der Waals surface area contributed by atoms with E-state index in [0.717, 1.165) is 11.1 Å². The number of carbonyl (C=O) groups excluding carboxylic acids is 2. The highest BCUT2D eigenvalue weighted by molar-refractivity contribution is 7.98. The summed E-state index contributed by atoms with van der Waals surface area (Å²) in [7, 11) is -3.97. The van der Waals surface area contributed by atoms with Gasteiger partial charge in [0.2, 0.25) is 21.8 Å². The molecule has 37 heavy (non-hydrogen) atoms. The van der Waals surface area contributed by atoms with Gasteiger partial charge in [-0.2, -0.15) is 16.5 Å². The average molecular weight is 550 g/mol. The van der Waals surface area contributed by atoms with Crippen LogP contribution in [-0.4, -0.2) is 61.4 Å². The standard InChI is InChI=1S/C25H35N5O5S2/c1-16-4-6-19(7-5-16)15-37(34,35)30-22(17(2)31)25(33)29-21(12-13-36-3)24(32)28-14-18-8-10-20(11-9-18)23(26)27/h4-11,17,21-22,30-31H,12-15H2,1-3H3,(H3,26,27)(H,28,32)(H,29,33)/t17?,21-,22+/m0/s1. The average Bonchev–Trinajstić information content (AvgIpc) is 2.84. The third kappa shape index (κ3) is 10.2. The Morgan fingerprint density at radius 1 is 1.05 bits per heavy atom. The van der Waals surface area contributed by atoms with Gasteiger partial charge in [-0.05, 0) is 43.4 Å². The number of hydrogen-bond donors (Lipinski definition) is 6. The van der Waals surface area contributed by atoms with E-state index in [1.165, 1.54) is 18.7 Å². The topological polar surface area (TPSA) is 174 Å². The number of amidine groups is 1. The Morgan fingerprint density at radius 3 is 2.19 bits per heavy atom. The molecular formula is C25H35N5O5S2. The van der Waals surface area contributed by atoms with E-state index in [0.29, 0.717) is 23.3 Å². The van der Waals surface area contributed by atoms with Gasteiger partial charge in [0.25, 0.3) is 0 Å². The fourth-order valence-corrected chi connectivity index (χ4v) is 5.27. The maximum Gasteiger partial charge on any atom is 0.242 e. The highest BCUT2D eigenvalue weighted by Gasteiger charge is 2.31. The number of aryl methyl sites for hydroxylation is 1. The second-order valence-electron chi connectivity index (χ2n) is 8.75. The van der Waals surface area contributed by atoms with Gasteiger partial charge in [-0.15, -0.1) is 0 Å². The zero-order chi connectivity index (χ0) is 27.6. The van der Waals surface area contributed by atoms with E-state index in [9.17, 15) is 23.1 Å². The first-order valence-corrected chi connectivity index (χ1v) is 14.7. The minimum absolute atomic E-state index is 0.0578. The van der Waals surface area contributed by atoms with E-state index in [1.807, 2.05) is 13.2 Å². The SMILES string of the molecule is CSCC[C@H](NC(=O)[C@H](NS(=O)(=O)Cc1ccc(C)cc1)C(C)O)C(=O)NCc1ccc(C(=N)N)cc1. The molecule has 1 unspecified atom stereocenters. The Hall–Kier alpha value is -2.93. The molecule has 7 N–H and O–H groups in total. The van der Waals surface area contributed by atoms with Crippen molar-refractivity contribution in [3.8, 4) is 0 Å². The first-order valence-electron chi connectivity index (χ1n) is 11.7. The number of aliphatic hydroxyl groups is 1. The van der Waals surface area contributed by atoms with Gasteiger partial charge in [0.05, 0.1) is 11.9 Å².